The number of aromatic nitrogens is 2. The topological polar surface area (TPSA) is 50.6 Å². The van der Waals surface area contributed by atoms with Crippen LogP contribution in [0.3, 0.4) is 0 Å². The van der Waals surface area contributed by atoms with Crippen LogP contribution < -0.4 is 4.74 Å². The average Bonchev–Trinajstić information content (AvgIpc) is 2.98. The highest BCUT2D eigenvalue weighted by molar-refractivity contribution is 5.80. The molecule has 0 N–H and O–H groups in total. The lowest BCUT2D eigenvalue weighted by molar-refractivity contribution is -0.137. The van der Waals surface area contributed by atoms with Gasteiger partial charge in [-0.05, 0) is 62.9 Å². The van der Waals surface area contributed by atoms with E-state index >= 15 is 0 Å². The van der Waals surface area contributed by atoms with Crippen LogP contribution in [0.15, 0.2) is 42.6 Å². The number of methoxy groups -OCH3 is 1. The van der Waals surface area contributed by atoms with E-state index in [9.17, 15) is 4.79 Å². The summed E-state index contributed by atoms with van der Waals surface area (Å²) in [5.41, 5.74) is 3.53. The van der Waals surface area contributed by atoms with Crippen LogP contribution in [-0.4, -0.2) is 52.2 Å². The lowest BCUT2D eigenvalue weighted by atomic mass is 9.81. The molecule has 1 aromatic heterocycles. The molecule has 1 atom stereocenters. The Morgan fingerprint density at radius 2 is 1.97 bits per heavy atom. The second kappa shape index (κ2) is 9.69. The second-order valence-electron chi connectivity index (χ2n) is 8.91. The van der Waals surface area contributed by atoms with Crippen molar-refractivity contribution in [3.05, 3.63) is 59.4 Å². The Labute approximate surface area is 185 Å². The van der Waals surface area contributed by atoms with Crippen molar-refractivity contribution in [2.24, 2.45) is 18.9 Å². The molecule has 31 heavy (non-hydrogen) atoms. The molecule has 166 valence electrons. The van der Waals surface area contributed by atoms with E-state index in [4.69, 9.17) is 4.74 Å². The number of aryl methyl sites for hydroxylation is 2. The lowest BCUT2D eigenvalue weighted by Crippen LogP contribution is -2.42. The van der Waals surface area contributed by atoms with E-state index in [2.05, 4.69) is 41.3 Å². The number of likely N-dealkylation sites (tertiary alicyclic amines) is 1. The zero-order valence-electron chi connectivity index (χ0n) is 19.0. The molecule has 0 aliphatic carbocycles. The Bertz CT molecular complexity index is 927. The quantitative estimate of drug-likeness (QED) is 0.668. The molecule has 2 aliphatic rings. The summed E-state index contributed by atoms with van der Waals surface area (Å²) >= 11 is 0. The number of ether oxygens (including phenoxy) is 1. The van der Waals surface area contributed by atoms with Crippen molar-refractivity contribution >= 4 is 5.91 Å². The molecule has 0 spiro atoms. The first-order valence-corrected chi connectivity index (χ1v) is 11.3. The third kappa shape index (κ3) is 5.18. The molecule has 0 saturated carbocycles. The van der Waals surface area contributed by atoms with Crippen molar-refractivity contribution in [3.8, 4) is 5.75 Å². The summed E-state index contributed by atoms with van der Waals surface area (Å²) in [5, 5.41) is 4.46. The maximum absolute atomic E-state index is 13.5. The van der Waals surface area contributed by atoms with Crippen LogP contribution in [-0.2, 0) is 24.9 Å². The molecule has 0 bridgehead atoms. The number of piperidine rings is 1. The monoisotopic (exact) mass is 422 g/mol. The fourth-order valence-corrected chi connectivity index (χ4v) is 4.96. The normalized spacial score (nSPS) is 20.8. The van der Waals surface area contributed by atoms with Gasteiger partial charge in [-0.2, -0.15) is 5.10 Å². The maximum atomic E-state index is 13.5. The highest BCUT2D eigenvalue weighted by Crippen LogP contribution is 2.32. The first-order valence-electron chi connectivity index (χ1n) is 11.3. The molecule has 2 aromatic rings. The van der Waals surface area contributed by atoms with Crippen molar-refractivity contribution in [1.82, 2.24) is 19.6 Å². The zero-order valence-corrected chi connectivity index (χ0v) is 19.0. The summed E-state index contributed by atoms with van der Waals surface area (Å²) in [6, 6.07) is 8.02. The van der Waals surface area contributed by atoms with Gasteiger partial charge in [-0.25, -0.2) is 0 Å². The van der Waals surface area contributed by atoms with E-state index in [0.29, 0.717) is 24.9 Å². The van der Waals surface area contributed by atoms with Gasteiger partial charge in [-0.15, -0.1) is 0 Å². The summed E-state index contributed by atoms with van der Waals surface area (Å²) in [6.45, 7) is 6.44. The van der Waals surface area contributed by atoms with Crippen molar-refractivity contribution in [2.75, 3.05) is 26.7 Å². The first-order chi connectivity index (χ1) is 15.0. The van der Waals surface area contributed by atoms with Gasteiger partial charge in [0.05, 0.1) is 12.8 Å². The molecule has 1 saturated heterocycles. The molecule has 1 fully saturated rings. The van der Waals surface area contributed by atoms with Crippen molar-refractivity contribution in [1.29, 1.82) is 0 Å². The molecular formula is C25H34N4O2. The smallest absolute Gasteiger partial charge is 0.226 e. The molecule has 1 amide bonds. The Morgan fingerprint density at radius 1 is 1.16 bits per heavy atom. The van der Waals surface area contributed by atoms with Crippen LogP contribution in [0, 0.1) is 18.8 Å². The van der Waals surface area contributed by atoms with Crippen LogP contribution in [0.4, 0.5) is 0 Å². The molecule has 4 rings (SSSR count). The van der Waals surface area contributed by atoms with Gasteiger partial charge in [0.15, 0.2) is 0 Å². The van der Waals surface area contributed by atoms with Crippen LogP contribution in [0.25, 0.3) is 0 Å². The van der Waals surface area contributed by atoms with Gasteiger partial charge in [0.1, 0.15) is 5.75 Å². The SMILES string of the molecule is COc1cccc(CN2CC=CC[C@@H](C3CCN(Cc4cn(C)nc4C)CC3)C2=O)c1. The van der Waals surface area contributed by atoms with E-state index in [0.717, 1.165) is 55.9 Å². The summed E-state index contributed by atoms with van der Waals surface area (Å²) < 4.78 is 7.24. The van der Waals surface area contributed by atoms with Gasteiger partial charge >= 0.3 is 0 Å². The van der Waals surface area contributed by atoms with Crippen LogP contribution in [0.1, 0.15) is 36.1 Å². The standard InChI is InChI=1S/C25H34N4O2/c1-19-22(17-27(2)26-19)18-28-13-10-21(11-14-28)24-9-4-5-12-29(25(24)30)16-20-7-6-8-23(15-20)31-3/h4-8,15,17,21,24H,9-14,16,18H2,1-3H3/t24-/m0/s1. The predicted molar refractivity (Wildman–Crippen MR) is 122 cm³/mol. The molecule has 0 radical (unpaired) electrons. The molecule has 0 unspecified atom stereocenters. The molecular weight excluding hydrogens is 388 g/mol. The number of carbonyl (C=O) groups is 1. The number of hydrogen-bond acceptors (Lipinski definition) is 4. The molecule has 1 aromatic carbocycles. The van der Waals surface area contributed by atoms with E-state index in [1.54, 1.807) is 7.11 Å². The van der Waals surface area contributed by atoms with Crippen molar-refractivity contribution < 1.29 is 9.53 Å². The Kier molecular flexibility index (Phi) is 6.76. The van der Waals surface area contributed by atoms with E-state index in [1.807, 2.05) is 34.8 Å². The lowest BCUT2D eigenvalue weighted by Gasteiger charge is -2.36. The maximum Gasteiger partial charge on any atom is 0.226 e. The van der Waals surface area contributed by atoms with Gasteiger partial charge in [-0.1, -0.05) is 24.3 Å². The number of rotatable bonds is 6. The summed E-state index contributed by atoms with van der Waals surface area (Å²) in [6.07, 6.45) is 9.50. The van der Waals surface area contributed by atoms with Gasteiger partial charge in [0.25, 0.3) is 0 Å². The summed E-state index contributed by atoms with van der Waals surface area (Å²) in [5.74, 6) is 1.68. The Hall–Kier alpha value is -2.60. The Morgan fingerprint density at radius 3 is 2.68 bits per heavy atom. The number of nitrogens with zero attached hydrogens (tertiary/aromatic N) is 4. The third-order valence-electron chi connectivity index (χ3n) is 6.73. The number of hydrogen-bond donors (Lipinski definition) is 0. The first kappa shape index (κ1) is 21.6. The molecule has 3 heterocycles. The highest BCUT2D eigenvalue weighted by Gasteiger charge is 2.34. The van der Waals surface area contributed by atoms with Crippen LogP contribution in [0.2, 0.25) is 0 Å². The van der Waals surface area contributed by atoms with Crippen LogP contribution in [0.5, 0.6) is 5.75 Å². The number of allylic oxidation sites excluding steroid dienone is 1. The molecule has 6 heteroatoms. The van der Waals surface area contributed by atoms with Gasteiger partial charge < -0.3 is 9.64 Å². The number of benzene rings is 1. The summed E-state index contributed by atoms with van der Waals surface area (Å²) in [4.78, 5) is 18.0. The van der Waals surface area contributed by atoms with Gasteiger partial charge in [0, 0.05) is 44.4 Å². The van der Waals surface area contributed by atoms with Crippen LogP contribution >= 0.6 is 0 Å². The van der Waals surface area contributed by atoms with E-state index < -0.39 is 0 Å². The number of carbonyl (C=O) groups excluding carboxylic acids is 1. The van der Waals surface area contributed by atoms with Crippen molar-refractivity contribution in [3.63, 3.8) is 0 Å². The zero-order chi connectivity index (χ0) is 21.8. The minimum Gasteiger partial charge on any atom is -0.497 e. The highest BCUT2D eigenvalue weighted by atomic mass is 16.5. The molecule has 2 aliphatic heterocycles. The average molecular weight is 423 g/mol. The van der Waals surface area contributed by atoms with Gasteiger partial charge in [-0.3, -0.25) is 14.4 Å². The van der Waals surface area contributed by atoms with E-state index in [-0.39, 0.29) is 5.92 Å². The predicted octanol–water partition coefficient (Wildman–Crippen LogP) is 3.55. The van der Waals surface area contributed by atoms with E-state index in [1.165, 1.54) is 5.56 Å². The largest absolute Gasteiger partial charge is 0.497 e. The fraction of sp³-hybridized carbons (Fsp3) is 0.520. The second-order valence-corrected chi connectivity index (χ2v) is 8.91. The van der Waals surface area contributed by atoms with Gasteiger partial charge in [0.2, 0.25) is 5.91 Å². The number of amides is 1. The fourth-order valence-electron chi connectivity index (χ4n) is 4.96. The van der Waals surface area contributed by atoms with Crippen molar-refractivity contribution in [2.45, 2.75) is 39.3 Å². The third-order valence-corrected chi connectivity index (χ3v) is 6.73. The minimum absolute atomic E-state index is 0.0895. The Balaban J connectivity index is 1.37. The molecule has 6 nitrogen and oxygen atoms in total. The summed E-state index contributed by atoms with van der Waals surface area (Å²) in [7, 11) is 3.65. The minimum atomic E-state index is 0.0895.